The predicted octanol–water partition coefficient (Wildman–Crippen LogP) is 0.00250. The van der Waals surface area contributed by atoms with Crippen LogP contribution in [0.15, 0.2) is 0 Å². The molecule has 1 saturated heterocycles. The van der Waals surface area contributed by atoms with Gasteiger partial charge in [-0.05, 0) is 18.8 Å². The third kappa shape index (κ3) is 4.11. The summed E-state index contributed by atoms with van der Waals surface area (Å²) < 4.78 is 0. The fourth-order valence-corrected chi connectivity index (χ4v) is 2.18. The van der Waals surface area contributed by atoms with E-state index in [4.69, 9.17) is 10.8 Å². The number of likely N-dealkylation sites (tertiary alicyclic amines) is 1. The maximum absolute atomic E-state index is 12.0. The highest BCUT2D eigenvalue weighted by atomic mass is 16.4. The van der Waals surface area contributed by atoms with Crippen molar-refractivity contribution in [3.63, 3.8) is 0 Å². The third-order valence-electron chi connectivity index (χ3n) is 3.33. The minimum atomic E-state index is -1.05. The first-order valence-electron chi connectivity index (χ1n) is 6.40. The van der Waals surface area contributed by atoms with E-state index in [1.165, 1.54) is 4.90 Å². The van der Waals surface area contributed by atoms with Gasteiger partial charge in [0.05, 0.1) is 5.92 Å². The number of nitrogens with two attached hydrogens (primary N) is 1. The van der Waals surface area contributed by atoms with Gasteiger partial charge < -0.3 is 21.1 Å². The van der Waals surface area contributed by atoms with E-state index in [0.29, 0.717) is 19.4 Å². The molecule has 4 N–H and O–H groups in total. The molecule has 0 aromatic rings. The molecule has 0 spiro atoms. The van der Waals surface area contributed by atoms with Crippen LogP contribution in [0.4, 0.5) is 4.79 Å². The van der Waals surface area contributed by atoms with Crippen molar-refractivity contribution in [2.24, 2.45) is 17.6 Å². The van der Waals surface area contributed by atoms with Crippen LogP contribution < -0.4 is 11.1 Å². The third-order valence-corrected chi connectivity index (χ3v) is 3.33. The summed E-state index contributed by atoms with van der Waals surface area (Å²) >= 11 is 0. The van der Waals surface area contributed by atoms with Crippen molar-refractivity contribution < 1.29 is 19.5 Å². The molecule has 0 saturated carbocycles. The molecular formula is C12H21N3O4. The fraction of sp³-hybridized carbons (Fsp3) is 0.750. The number of urea groups is 1. The van der Waals surface area contributed by atoms with Gasteiger partial charge in [-0.1, -0.05) is 13.8 Å². The highest BCUT2D eigenvalue weighted by molar-refractivity contribution is 5.85. The lowest BCUT2D eigenvalue weighted by molar-refractivity contribution is -0.144. The molecule has 1 aliphatic rings. The number of nitrogens with one attached hydrogen (secondary N) is 1. The quantitative estimate of drug-likeness (QED) is 0.668. The summed E-state index contributed by atoms with van der Waals surface area (Å²) in [5, 5.41) is 11.6. The van der Waals surface area contributed by atoms with Crippen LogP contribution in [0.3, 0.4) is 0 Å². The minimum absolute atomic E-state index is 0.197. The molecule has 1 heterocycles. The van der Waals surface area contributed by atoms with Gasteiger partial charge in [0.2, 0.25) is 5.91 Å². The van der Waals surface area contributed by atoms with Crippen LogP contribution in [0, 0.1) is 11.8 Å². The Labute approximate surface area is 112 Å². The summed E-state index contributed by atoms with van der Waals surface area (Å²) in [7, 11) is 0. The van der Waals surface area contributed by atoms with Crippen LogP contribution in [0.1, 0.15) is 26.7 Å². The van der Waals surface area contributed by atoms with E-state index >= 15 is 0 Å². The number of nitrogens with zero attached hydrogens (tertiary/aromatic N) is 1. The number of amides is 3. The number of carboxylic acid groups (broad SMARTS) is 1. The van der Waals surface area contributed by atoms with Gasteiger partial charge in [-0.15, -0.1) is 0 Å². The average molecular weight is 271 g/mol. The molecular weight excluding hydrogens is 250 g/mol. The molecule has 1 rings (SSSR count). The van der Waals surface area contributed by atoms with Gasteiger partial charge in [0.1, 0.15) is 6.04 Å². The molecule has 2 atom stereocenters. The highest BCUT2D eigenvalue weighted by Crippen LogP contribution is 2.17. The van der Waals surface area contributed by atoms with Crippen LogP contribution in [-0.2, 0) is 9.59 Å². The normalized spacial score (nSPS) is 21.0. The molecule has 19 heavy (non-hydrogen) atoms. The van der Waals surface area contributed by atoms with Gasteiger partial charge >= 0.3 is 12.0 Å². The Hall–Kier alpha value is -1.79. The summed E-state index contributed by atoms with van der Waals surface area (Å²) in [5.41, 5.74) is 5.19. The molecule has 108 valence electrons. The number of aliphatic carboxylic acids is 1. The minimum Gasteiger partial charge on any atom is -0.480 e. The Bertz CT molecular complexity index is 370. The van der Waals surface area contributed by atoms with Crippen molar-refractivity contribution in [3.8, 4) is 0 Å². The molecule has 0 radical (unpaired) electrons. The topological polar surface area (TPSA) is 113 Å². The molecule has 1 aliphatic heterocycles. The first kappa shape index (κ1) is 15.3. The van der Waals surface area contributed by atoms with E-state index in [2.05, 4.69) is 5.32 Å². The van der Waals surface area contributed by atoms with Crippen molar-refractivity contribution in [1.82, 2.24) is 10.2 Å². The largest absolute Gasteiger partial charge is 0.480 e. The van der Waals surface area contributed by atoms with Gasteiger partial charge in [0.25, 0.3) is 0 Å². The monoisotopic (exact) mass is 271 g/mol. The van der Waals surface area contributed by atoms with Crippen molar-refractivity contribution in [2.45, 2.75) is 32.7 Å². The lowest BCUT2D eigenvalue weighted by atomic mass is 9.96. The van der Waals surface area contributed by atoms with Crippen molar-refractivity contribution in [2.75, 3.05) is 13.1 Å². The summed E-state index contributed by atoms with van der Waals surface area (Å²) in [4.78, 5) is 35.6. The number of hydrogen-bond acceptors (Lipinski definition) is 3. The fourth-order valence-electron chi connectivity index (χ4n) is 2.18. The maximum atomic E-state index is 12.0. The van der Waals surface area contributed by atoms with Crippen molar-refractivity contribution in [3.05, 3.63) is 0 Å². The van der Waals surface area contributed by atoms with Gasteiger partial charge in [0.15, 0.2) is 0 Å². The lowest BCUT2D eigenvalue weighted by Gasteiger charge is -2.31. The van der Waals surface area contributed by atoms with Crippen molar-refractivity contribution in [1.29, 1.82) is 0 Å². The smallest absolute Gasteiger partial charge is 0.326 e. The highest BCUT2D eigenvalue weighted by Gasteiger charge is 2.31. The first-order valence-corrected chi connectivity index (χ1v) is 6.40. The summed E-state index contributed by atoms with van der Waals surface area (Å²) in [6.07, 6.45) is 1.33. The maximum Gasteiger partial charge on any atom is 0.326 e. The van der Waals surface area contributed by atoms with Crippen LogP contribution in [0.25, 0.3) is 0 Å². The van der Waals surface area contributed by atoms with E-state index < -0.39 is 18.0 Å². The van der Waals surface area contributed by atoms with Crippen molar-refractivity contribution >= 4 is 17.9 Å². The molecule has 7 heteroatoms. The predicted molar refractivity (Wildman–Crippen MR) is 68.3 cm³/mol. The summed E-state index contributed by atoms with van der Waals surface area (Å²) in [5.74, 6) is -1.96. The standard InChI is InChI=1S/C12H21N3O4/c1-7(2)9(11(17)18)14-10(16)8-4-3-5-15(6-8)12(13)19/h7-9H,3-6H2,1-2H3,(H2,13,19)(H,14,16)(H,17,18)/t8?,9-/m0/s1. The molecule has 1 fully saturated rings. The Kier molecular flexibility index (Phi) is 5.14. The second-order valence-corrected chi connectivity index (χ2v) is 5.19. The van der Waals surface area contributed by atoms with Gasteiger partial charge in [-0.2, -0.15) is 0 Å². The van der Waals surface area contributed by atoms with Gasteiger partial charge in [-0.25, -0.2) is 9.59 Å². The Morgan fingerprint density at radius 1 is 1.37 bits per heavy atom. The molecule has 0 aliphatic carbocycles. The molecule has 0 bridgehead atoms. The number of carbonyl (C=O) groups is 3. The van der Waals surface area contributed by atoms with E-state index in [9.17, 15) is 14.4 Å². The average Bonchev–Trinajstić information content (AvgIpc) is 2.34. The summed E-state index contributed by atoms with van der Waals surface area (Å²) in [6.45, 7) is 4.27. The van der Waals surface area contributed by atoms with Crippen LogP contribution in [0.5, 0.6) is 0 Å². The molecule has 0 aromatic carbocycles. The van der Waals surface area contributed by atoms with Gasteiger partial charge in [-0.3, -0.25) is 4.79 Å². The van der Waals surface area contributed by atoms with Crippen LogP contribution in [0.2, 0.25) is 0 Å². The molecule has 3 amide bonds. The molecule has 1 unspecified atom stereocenters. The zero-order chi connectivity index (χ0) is 14.6. The number of carbonyl (C=O) groups excluding carboxylic acids is 2. The summed E-state index contributed by atoms with van der Waals surface area (Å²) in [6, 6.07) is -1.45. The Morgan fingerprint density at radius 3 is 2.47 bits per heavy atom. The zero-order valence-electron chi connectivity index (χ0n) is 11.3. The van der Waals surface area contributed by atoms with E-state index in [0.717, 1.165) is 0 Å². The van der Waals surface area contributed by atoms with E-state index in [1.807, 2.05) is 0 Å². The lowest BCUT2D eigenvalue weighted by Crippen LogP contribution is -2.51. The Balaban J connectivity index is 2.62. The van der Waals surface area contributed by atoms with E-state index in [1.54, 1.807) is 13.8 Å². The van der Waals surface area contributed by atoms with Gasteiger partial charge in [0, 0.05) is 13.1 Å². The van der Waals surface area contributed by atoms with Crippen LogP contribution >= 0.6 is 0 Å². The number of carboxylic acids is 1. The van der Waals surface area contributed by atoms with Crippen LogP contribution in [-0.4, -0.2) is 47.0 Å². The molecule has 0 aromatic heterocycles. The SMILES string of the molecule is CC(C)[C@H](NC(=O)C1CCCN(C(N)=O)C1)C(=O)O. The first-order chi connectivity index (χ1) is 8.82. The second kappa shape index (κ2) is 6.40. The number of piperidine rings is 1. The number of rotatable bonds is 4. The molecule has 7 nitrogen and oxygen atoms in total. The zero-order valence-corrected chi connectivity index (χ0v) is 11.3. The Morgan fingerprint density at radius 2 is 2.00 bits per heavy atom. The van der Waals surface area contributed by atoms with E-state index in [-0.39, 0.29) is 24.3 Å². The number of primary amides is 1. The number of hydrogen-bond donors (Lipinski definition) is 3. The second-order valence-electron chi connectivity index (χ2n) is 5.19.